The van der Waals surface area contributed by atoms with Crippen molar-refractivity contribution in [3.8, 4) is 11.5 Å². The molecule has 1 N–H and O–H groups in total. The lowest BCUT2D eigenvalue weighted by molar-refractivity contribution is -0.117. The number of ketones is 1. The molecule has 0 radical (unpaired) electrons. The monoisotopic (exact) mass is 295 g/mol. The van der Waals surface area contributed by atoms with Gasteiger partial charge in [0.1, 0.15) is 0 Å². The Balaban J connectivity index is 1.57. The molecule has 22 heavy (non-hydrogen) atoms. The van der Waals surface area contributed by atoms with Crippen LogP contribution in [0.2, 0.25) is 0 Å². The quantitative estimate of drug-likeness (QED) is 0.925. The Morgan fingerprint density at radius 2 is 1.91 bits per heavy atom. The molecule has 2 aliphatic rings. The van der Waals surface area contributed by atoms with E-state index in [2.05, 4.69) is 5.32 Å². The molecule has 1 aliphatic heterocycles. The van der Waals surface area contributed by atoms with Crippen molar-refractivity contribution in [3.05, 3.63) is 53.6 Å². The zero-order chi connectivity index (χ0) is 15.1. The van der Waals surface area contributed by atoms with Gasteiger partial charge in [-0.05, 0) is 17.7 Å². The van der Waals surface area contributed by atoms with Crippen LogP contribution < -0.4 is 14.8 Å². The third kappa shape index (κ3) is 2.02. The number of benzene rings is 2. The van der Waals surface area contributed by atoms with Gasteiger partial charge < -0.3 is 14.8 Å². The highest BCUT2D eigenvalue weighted by atomic mass is 16.7. The fourth-order valence-corrected chi connectivity index (χ4v) is 2.90. The largest absolute Gasteiger partial charge is 0.454 e. The van der Waals surface area contributed by atoms with Crippen LogP contribution in [0.15, 0.2) is 42.5 Å². The van der Waals surface area contributed by atoms with E-state index < -0.39 is 5.92 Å². The molecule has 1 unspecified atom stereocenters. The van der Waals surface area contributed by atoms with Gasteiger partial charge in [-0.3, -0.25) is 9.59 Å². The molecule has 2 aromatic rings. The lowest BCUT2D eigenvalue weighted by atomic mass is 10.0. The first-order valence-corrected chi connectivity index (χ1v) is 7.05. The van der Waals surface area contributed by atoms with Crippen LogP contribution in [-0.4, -0.2) is 18.5 Å². The molecule has 4 rings (SSSR count). The Morgan fingerprint density at radius 1 is 1.09 bits per heavy atom. The average molecular weight is 295 g/mol. The van der Waals surface area contributed by atoms with Gasteiger partial charge in [0.2, 0.25) is 12.7 Å². The second-order valence-electron chi connectivity index (χ2n) is 5.32. The summed E-state index contributed by atoms with van der Waals surface area (Å²) in [5.41, 5.74) is 2.07. The van der Waals surface area contributed by atoms with Crippen molar-refractivity contribution in [3.63, 3.8) is 0 Å². The lowest BCUT2D eigenvalue weighted by Gasteiger charge is -2.12. The van der Waals surface area contributed by atoms with Gasteiger partial charge in [-0.25, -0.2) is 0 Å². The number of ether oxygens (including phenoxy) is 2. The first-order valence-electron chi connectivity index (χ1n) is 7.05. The number of nitrogens with one attached hydrogen (secondary N) is 1. The molecule has 2 aromatic carbocycles. The zero-order valence-corrected chi connectivity index (χ0v) is 11.7. The SMILES string of the molecule is O=C1CC(C(=O)Nc2ccc3c(c2)OCO3)c2ccccc21. The molecule has 1 amide bonds. The van der Waals surface area contributed by atoms with E-state index in [1.54, 1.807) is 24.3 Å². The van der Waals surface area contributed by atoms with E-state index in [-0.39, 0.29) is 24.9 Å². The molecular formula is C17H13NO4. The number of hydrogen-bond donors (Lipinski definition) is 1. The summed E-state index contributed by atoms with van der Waals surface area (Å²) in [4.78, 5) is 24.5. The molecule has 5 nitrogen and oxygen atoms in total. The van der Waals surface area contributed by atoms with E-state index in [1.807, 2.05) is 18.2 Å². The van der Waals surface area contributed by atoms with Gasteiger partial charge >= 0.3 is 0 Å². The molecule has 110 valence electrons. The van der Waals surface area contributed by atoms with E-state index in [0.29, 0.717) is 22.7 Å². The predicted molar refractivity (Wildman–Crippen MR) is 79.3 cm³/mol. The van der Waals surface area contributed by atoms with Gasteiger partial charge in [0.05, 0.1) is 5.92 Å². The number of carbonyl (C=O) groups is 2. The first-order chi connectivity index (χ1) is 10.7. The number of carbonyl (C=O) groups excluding carboxylic acids is 2. The van der Waals surface area contributed by atoms with Crippen molar-refractivity contribution in [2.75, 3.05) is 12.1 Å². The van der Waals surface area contributed by atoms with Gasteiger partial charge in [-0.1, -0.05) is 24.3 Å². The number of anilines is 1. The minimum atomic E-state index is -0.436. The summed E-state index contributed by atoms with van der Waals surface area (Å²) in [6.45, 7) is 0.192. The Labute approximate surface area is 126 Å². The van der Waals surface area contributed by atoms with Crippen molar-refractivity contribution in [1.82, 2.24) is 0 Å². The molecule has 1 aliphatic carbocycles. The number of rotatable bonds is 2. The second kappa shape index (κ2) is 4.87. The molecule has 0 saturated heterocycles. The number of hydrogen-bond acceptors (Lipinski definition) is 4. The minimum Gasteiger partial charge on any atom is -0.454 e. The zero-order valence-electron chi connectivity index (χ0n) is 11.7. The van der Waals surface area contributed by atoms with Crippen molar-refractivity contribution in [1.29, 1.82) is 0 Å². The predicted octanol–water partition coefficient (Wildman–Crippen LogP) is 2.72. The Hall–Kier alpha value is -2.82. The molecule has 0 spiro atoms. The second-order valence-corrected chi connectivity index (χ2v) is 5.32. The van der Waals surface area contributed by atoms with E-state index >= 15 is 0 Å². The molecule has 5 heteroatoms. The van der Waals surface area contributed by atoms with Crippen LogP contribution in [0.4, 0.5) is 5.69 Å². The van der Waals surface area contributed by atoms with Crippen molar-refractivity contribution in [2.24, 2.45) is 0 Å². The lowest BCUT2D eigenvalue weighted by Crippen LogP contribution is -2.19. The van der Waals surface area contributed by atoms with Crippen LogP contribution in [0.1, 0.15) is 28.3 Å². The van der Waals surface area contributed by atoms with Crippen molar-refractivity contribution < 1.29 is 19.1 Å². The topological polar surface area (TPSA) is 64.6 Å². The highest BCUT2D eigenvalue weighted by Crippen LogP contribution is 2.36. The third-order valence-electron chi connectivity index (χ3n) is 3.98. The molecule has 0 saturated carbocycles. The molecule has 1 heterocycles. The van der Waals surface area contributed by atoms with Crippen LogP contribution in [0.25, 0.3) is 0 Å². The van der Waals surface area contributed by atoms with Crippen LogP contribution in [0, 0.1) is 0 Å². The summed E-state index contributed by atoms with van der Waals surface area (Å²) in [6.07, 6.45) is 0.218. The van der Waals surface area contributed by atoms with Gasteiger partial charge in [-0.2, -0.15) is 0 Å². The molecular weight excluding hydrogens is 282 g/mol. The Morgan fingerprint density at radius 3 is 2.82 bits per heavy atom. The summed E-state index contributed by atoms with van der Waals surface area (Å²) >= 11 is 0. The van der Waals surface area contributed by atoms with Crippen LogP contribution in [0.5, 0.6) is 11.5 Å². The fourth-order valence-electron chi connectivity index (χ4n) is 2.90. The Kier molecular flexibility index (Phi) is 2.85. The summed E-state index contributed by atoms with van der Waals surface area (Å²) in [6, 6.07) is 12.5. The molecule has 1 atom stereocenters. The highest BCUT2D eigenvalue weighted by molar-refractivity contribution is 6.09. The number of amides is 1. The fraction of sp³-hybridized carbons (Fsp3) is 0.176. The van der Waals surface area contributed by atoms with Gasteiger partial charge in [-0.15, -0.1) is 0 Å². The maximum absolute atomic E-state index is 12.5. The smallest absolute Gasteiger partial charge is 0.232 e. The maximum atomic E-state index is 12.5. The Bertz CT molecular complexity index is 784. The maximum Gasteiger partial charge on any atom is 0.232 e. The number of Topliss-reactive ketones (excluding diaryl/α,β-unsaturated/α-hetero) is 1. The van der Waals surface area contributed by atoms with Crippen molar-refractivity contribution in [2.45, 2.75) is 12.3 Å². The molecule has 0 aromatic heterocycles. The van der Waals surface area contributed by atoms with Gasteiger partial charge in [0.25, 0.3) is 0 Å². The minimum absolute atomic E-state index is 0.0152. The first kappa shape index (κ1) is 12.9. The third-order valence-corrected chi connectivity index (χ3v) is 3.98. The van der Waals surface area contributed by atoms with Gasteiger partial charge in [0.15, 0.2) is 17.3 Å². The van der Waals surface area contributed by atoms with Gasteiger partial charge in [0, 0.05) is 23.7 Å². The van der Waals surface area contributed by atoms with Crippen LogP contribution >= 0.6 is 0 Å². The number of fused-ring (bicyclic) bond motifs is 2. The van der Waals surface area contributed by atoms with E-state index in [1.165, 1.54) is 0 Å². The van der Waals surface area contributed by atoms with E-state index in [4.69, 9.17) is 9.47 Å². The average Bonchev–Trinajstić information content (AvgIpc) is 3.12. The summed E-state index contributed by atoms with van der Waals surface area (Å²) < 4.78 is 10.5. The standard InChI is InChI=1S/C17H13NO4/c19-14-8-13(11-3-1-2-4-12(11)14)17(20)18-10-5-6-15-16(7-10)22-9-21-15/h1-7,13H,8-9H2,(H,18,20). The normalized spacial score (nSPS) is 18.2. The highest BCUT2D eigenvalue weighted by Gasteiger charge is 2.34. The summed E-state index contributed by atoms with van der Waals surface area (Å²) in [7, 11) is 0. The van der Waals surface area contributed by atoms with Crippen LogP contribution in [0.3, 0.4) is 0 Å². The summed E-state index contributed by atoms with van der Waals surface area (Å²) in [5.74, 6) is 0.674. The summed E-state index contributed by atoms with van der Waals surface area (Å²) in [5, 5.41) is 2.85. The molecule has 0 fully saturated rings. The van der Waals surface area contributed by atoms with Crippen LogP contribution in [-0.2, 0) is 4.79 Å². The molecule has 0 bridgehead atoms. The van der Waals surface area contributed by atoms with Crippen molar-refractivity contribution >= 4 is 17.4 Å². The van der Waals surface area contributed by atoms with E-state index in [9.17, 15) is 9.59 Å². The van der Waals surface area contributed by atoms with E-state index in [0.717, 1.165) is 5.56 Å².